The quantitative estimate of drug-likeness (QED) is 0.807. The van der Waals surface area contributed by atoms with Crippen LogP contribution in [-0.2, 0) is 4.74 Å². The molecule has 4 rings (SSSR count). The number of rotatable bonds is 3. The van der Waals surface area contributed by atoms with Gasteiger partial charge in [-0.05, 0) is 24.3 Å². The predicted molar refractivity (Wildman–Crippen MR) is 98.4 cm³/mol. The summed E-state index contributed by atoms with van der Waals surface area (Å²) in [5, 5.41) is 17.8. The van der Waals surface area contributed by atoms with Gasteiger partial charge in [-0.2, -0.15) is 5.26 Å². The van der Waals surface area contributed by atoms with Crippen LogP contribution in [0.2, 0.25) is 0 Å². The molecule has 0 radical (unpaired) electrons. The Hall–Kier alpha value is -2.92. The molecule has 0 aromatic carbocycles. The first-order valence-electron chi connectivity index (χ1n) is 8.87. The molecule has 2 aromatic heterocycles. The monoisotopic (exact) mass is 351 g/mol. The molecule has 0 unspecified atom stereocenters. The van der Waals surface area contributed by atoms with Crippen LogP contribution in [0.1, 0.15) is 5.69 Å². The van der Waals surface area contributed by atoms with Gasteiger partial charge in [0, 0.05) is 39.3 Å². The summed E-state index contributed by atoms with van der Waals surface area (Å²) in [5.41, 5.74) is 0.453. The first kappa shape index (κ1) is 16.5. The number of aromatic nitrogens is 3. The minimum atomic E-state index is 0.453. The van der Waals surface area contributed by atoms with Crippen LogP contribution in [0.15, 0.2) is 30.3 Å². The zero-order valence-corrected chi connectivity index (χ0v) is 14.6. The van der Waals surface area contributed by atoms with Crippen molar-refractivity contribution >= 4 is 17.5 Å². The second kappa shape index (κ2) is 7.54. The van der Waals surface area contributed by atoms with Crippen molar-refractivity contribution in [2.24, 2.45) is 0 Å². The van der Waals surface area contributed by atoms with Gasteiger partial charge in [-0.25, -0.2) is 4.98 Å². The van der Waals surface area contributed by atoms with Gasteiger partial charge in [-0.1, -0.05) is 6.07 Å². The van der Waals surface area contributed by atoms with Crippen LogP contribution in [0.5, 0.6) is 0 Å². The van der Waals surface area contributed by atoms with Crippen LogP contribution in [0, 0.1) is 11.3 Å². The van der Waals surface area contributed by atoms with Crippen molar-refractivity contribution in [3.05, 3.63) is 36.0 Å². The number of morpholine rings is 1. The average molecular weight is 351 g/mol. The summed E-state index contributed by atoms with van der Waals surface area (Å²) < 4.78 is 5.38. The minimum Gasteiger partial charge on any atom is -0.378 e. The molecular formula is C18H21N7O. The molecule has 26 heavy (non-hydrogen) atoms. The standard InChI is InChI=1S/C18H21N7O/c19-14-15-2-1-3-16(20-15)23-6-8-24(9-7-23)17-4-5-18(22-21-17)25-10-12-26-13-11-25/h1-5H,6-13H2. The smallest absolute Gasteiger partial charge is 0.151 e. The molecule has 2 saturated heterocycles. The van der Waals surface area contributed by atoms with E-state index in [9.17, 15) is 0 Å². The predicted octanol–water partition coefficient (Wildman–Crippen LogP) is 0.906. The molecular weight excluding hydrogens is 330 g/mol. The maximum absolute atomic E-state index is 9.00. The van der Waals surface area contributed by atoms with Crippen molar-refractivity contribution in [1.29, 1.82) is 5.26 Å². The molecule has 0 N–H and O–H groups in total. The van der Waals surface area contributed by atoms with Crippen molar-refractivity contribution in [3.8, 4) is 6.07 Å². The molecule has 8 nitrogen and oxygen atoms in total. The van der Waals surface area contributed by atoms with Gasteiger partial charge in [-0.3, -0.25) is 0 Å². The number of anilines is 3. The first-order valence-corrected chi connectivity index (χ1v) is 8.87. The molecule has 0 atom stereocenters. The van der Waals surface area contributed by atoms with Gasteiger partial charge in [-0.15, -0.1) is 10.2 Å². The summed E-state index contributed by atoms with van der Waals surface area (Å²) in [6.07, 6.45) is 0. The van der Waals surface area contributed by atoms with E-state index in [2.05, 4.69) is 36.0 Å². The second-order valence-corrected chi connectivity index (χ2v) is 6.32. The number of pyridine rings is 1. The van der Waals surface area contributed by atoms with Gasteiger partial charge in [0.25, 0.3) is 0 Å². The summed E-state index contributed by atoms with van der Waals surface area (Å²) in [6.45, 7) is 6.60. The maximum atomic E-state index is 9.00. The maximum Gasteiger partial charge on any atom is 0.151 e. The number of piperazine rings is 1. The van der Waals surface area contributed by atoms with Crippen molar-refractivity contribution in [2.45, 2.75) is 0 Å². The van der Waals surface area contributed by atoms with Crippen LogP contribution >= 0.6 is 0 Å². The Labute approximate surface area is 152 Å². The molecule has 0 amide bonds. The SMILES string of the molecule is N#Cc1cccc(N2CCN(c3ccc(N4CCOCC4)nn3)CC2)n1. The van der Waals surface area contributed by atoms with Crippen LogP contribution in [0.25, 0.3) is 0 Å². The molecule has 2 aliphatic heterocycles. The van der Waals surface area contributed by atoms with Gasteiger partial charge < -0.3 is 19.4 Å². The van der Waals surface area contributed by atoms with E-state index in [1.807, 2.05) is 24.3 Å². The highest BCUT2D eigenvalue weighted by molar-refractivity contribution is 5.48. The molecule has 2 aliphatic rings. The molecule has 0 aliphatic carbocycles. The van der Waals surface area contributed by atoms with E-state index >= 15 is 0 Å². The van der Waals surface area contributed by atoms with Crippen LogP contribution < -0.4 is 14.7 Å². The molecule has 0 bridgehead atoms. The van der Waals surface area contributed by atoms with Crippen molar-refractivity contribution in [3.63, 3.8) is 0 Å². The van der Waals surface area contributed by atoms with Gasteiger partial charge in [0.1, 0.15) is 17.6 Å². The summed E-state index contributed by atoms with van der Waals surface area (Å²) in [5.74, 6) is 2.67. The molecule has 4 heterocycles. The van der Waals surface area contributed by atoms with Gasteiger partial charge in [0.05, 0.1) is 13.2 Å². The Morgan fingerprint density at radius 1 is 0.769 bits per heavy atom. The number of nitriles is 1. The first-order chi connectivity index (χ1) is 12.8. The Balaban J connectivity index is 1.37. The fourth-order valence-electron chi connectivity index (χ4n) is 3.27. The molecule has 0 spiro atoms. The Bertz CT molecular complexity index is 775. The van der Waals surface area contributed by atoms with E-state index in [1.54, 1.807) is 6.07 Å². The topological polar surface area (TPSA) is 81.4 Å². The normalized spacial score (nSPS) is 17.9. The van der Waals surface area contributed by atoms with E-state index < -0.39 is 0 Å². The molecule has 134 valence electrons. The lowest BCUT2D eigenvalue weighted by Crippen LogP contribution is -2.47. The molecule has 8 heteroatoms. The van der Waals surface area contributed by atoms with E-state index in [0.717, 1.165) is 69.9 Å². The van der Waals surface area contributed by atoms with Crippen LogP contribution in [0.3, 0.4) is 0 Å². The Kier molecular flexibility index (Phi) is 4.80. The number of ether oxygens (including phenoxy) is 1. The highest BCUT2D eigenvalue weighted by atomic mass is 16.5. The third kappa shape index (κ3) is 3.53. The van der Waals surface area contributed by atoms with Crippen molar-refractivity contribution in [1.82, 2.24) is 15.2 Å². The van der Waals surface area contributed by atoms with E-state index in [-0.39, 0.29) is 0 Å². The highest BCUT2D eigenvalue weighted by Gasteiger charge is 2.20. The van der Waals surface area contributed by atoms with Gasteiger partial charge in [0.2, 0.25) is 0 Å². The van der Waals surface area contributed by atoms with Gasteiger partial charge >= 0.3 is 0 Å². The van der Waals surface area contributed by atoms with E-state index in [1.165, 1.54) is 0 Å². The van der Waals surface area contributed by atoms with E-state index in [4.69, 9.17) is 10.00 Å². The van der Waals surface area contributed by atoms with Crippen LogP contribution in [-0.4, -0.2) is 67.7 Å². The van der Waals surface area contributed by atoms with Crippen molar-refractivity contribution < 1.29 is 4.74 Å². The largest absolute Gasteiger partial charge is 0.378 e. The lowest BCUT2D eigenvalue weighted by Gasteiger charge is -2.36. The number of hydrogen-bond acceptors (Lipinski definition) is 8. The lowest BCUT2D eigenvalue weighted by atomic mass is 10.3. The summed E-state index contributed by atoms with van der Waals surface area (Å²) >= 11 is 0. The fourth-order valence-corrected chi connectivity index (χ4v) is 3.27. The summed E-state index contributed by atoms with van der Waals surface area (Å²) in [6, 6.07) is 11.7. The Morgan fingerprint density at radius 3 is 1.92 bits per heavy atom. The van der Waals surface area contributed by atoms with Crippen LogP contribution in [0.4, 0.5) is 17.5 Å². The zero-order chi connectivity index (χ0) is 17.8. The van der Waals surface area contributed by atoms with Crippen molar-refractivity contribution in [2.75, 3.05) is 67.2 Å². The Morgan fingerprint density at radius 2 is 1.35 bits per heavy atom. The average Bonchev–Trinajstić information content (AvgIpc) is 2.75. The van der Waals surface area contributed by atoms with E-state index in [0.29, 0.717) is 5.69 Å². The molecule has 2 fully saturated rings. The fraction of sp³-hybridized carbons (Fsp3) is 0.444. The summed E-state index contributed by atoms with van der Waals surface area (Å²) in [4.78, 5) is 11.0. The second-order valence-electron chi connectivity index (χ2n) is 6.32. The number of nitrogens with zero attached hydrogens (tertiary/aromatic N) is 7. The third-order valence-electron chi connectivity index (χ3n) is 4.75. The lowest BCUT2D eigenvalue weighted by molar-refractivity contribution is 0.122. The summed E-state index contributed by atoms with van der Waals surface area (Å²) in [7, 11) is 0. The number of hydrogen-bond donors (Lipinski definition) is 0. The highest BCUT2D eigenvalue weighted by Crippen LogP contribution is 2.19. The third-order valence-corrected chi connectivity index (χ3v) is 4.75. The zero-order valence-electron chi connectivity index (χ0n) is 14.6. The molecule has 2 aromatic rings. The minimum absolute atomic E-state index is 0.453. The molecule has 0 saturated carbocycles. The van der Waals surface area contributed by atoms with Gasteiger partial charge in [0.15, 0.2) is 11.6 Å².